The third kappa shape index (κ3) is 3.23. The van der Waals surface area contributed by atoms with E-state index in [1.54, 1.807) is 0 Å². The highest BCUT2D eigenvalue weighted by Crippen LogP contribution is 2.48. The molecular formula is C23H28N2O2. The van der Waals surface area contributed by atoms with Gasteiger partial charge >= 0.3 is 0 Å². The molecule has 0 spiro atoms. The topological polar surface area (TPSA) is 43.8 Å². The lowest BCUT2D eigenvalue weighted by Gasteiger charge is -2.56. The van der Waals surface area contributed by atoms with Gasteiger partial charge in [0.05, 0.1) is 11.7 Å². The summed E-state index contributed by atoms with van der Waals surface area (Å²) in [6.45, 7) is 2.95. The maximum Gasteiger partial charge on any atom is 0.254 e. The van der Waals surface area contributed by atoms with Crippen molar-refractivity contribution in [1.82, 2.24) is 4.90 Å². The van der Waals surface area contributed by atoms with Crippen molar-refractivity contribution in [3.63, 3.8) is 0 Å². The van der Waals surface area contributed by atoms with Crippen LogP contribution in [0, 0.1) is 5.41 Å². The Kier molecular flexibility index (Phi) is 4.92. The molecule has 0 bridgehead atoms. The van der Waals surface area contributed by atoms with E-state index in [-0.39, 0.29) is 23.4 Å². The van der Waals surface area contributed by atoms with Gasteiger partial charge in [-0.25, -0.2) is 0 Å². The number of rotatable bonds is 3. The fourth-order valence-corrected chi connectivity index (χ4v) is 5.14. The minimum atomic E-state index is -0.120. The number of para-hydroxylation sites is 1. The molecule has 142 valence electrons. The van der Waals surface area contributed by atoms with E-state index in [4.69, 9.17) is 0 Å². The normalized spacial score (nSPS) is 27.7. The van der Waals surface area contributed by atoms with E-state index in [0.717, 1.165) is 43.4 Å². The minimum Gasteiger partial charge on any atom is -0.335 e. The molecule has 0 aromatic heterocycles. The SMILES string of the molecule is CC12CCCC[C@@H]1N(C(=O)c1ccccc1)CCC2N(O)c1ccccc1. The van der Waals surface area contributed by atoms with Crippen LogP contribution in [0.15, 0.2) is 60.7 Å². The average Bonchev–Trinajstić information content (AvgIpc) is 2.73. The molecule has 4 nitrogen and oxygen atoms in total. The molecule has 3 atom stereocenters. The van der Waals surface area contributed by atoms with Crippen molar-refractivity contribution in [2.45, 2.75) is 51.1 Å². The first kappa shape index (κ1) is 18.1. The zero-order valence-electron chi connectivity index (χ0n) is 15.9. The number of hydrogen-bond acceptors (Lipinski definition) is 3. The maximum absolute atomic E-state index is 13.2. The summed E-state index contributed by atoms with van der Waals surface area (Å²) in [4.78, 5) is 15.3. The highest BCUT2D eigenvalue weighted by atomic mass is 16.5. The van der Waals surface area contributed by atoms with E-state index in [1.807, 2.05) is 60.7 Å². The van der Waals surface area contributed by atoms with Gasteiger partial charge in [0.25, 0.3) is 5.91 Å². The molecule has 1 aliphatic carbocycles. The fourth-order valence-electron chi connectivity index (χ4n) is 5.14. The van der Waals surface area contributed by atoms with Gasteiger partial charge in [0.2, 0.25) is 0 Å². The Balaban J connectivity index is 1.63. The molecule has 1 aliphatic heterocycles. The number of hydroxylamine groups is 1. The standard InChI is InChI=1S/C23H28N2O2/c1-23-16-9-8-14-20(23)24(22(26)18-10-4-2-5-11-18)17-15-21(23)25(27)19-12-6-3-7-13-19/h2-7,10-13,20-21,27H,8-9,14-17H2,1H3/t20-,21?,23?/m0/s1. The highest BCUT2D eigenvalue weighted by molar-refractivity contribution is 5.94. The van der Waals surface area contributed by atoms with Crippen LogP contribution in [0.25, 0.3) is 0 Å². The quantitative estimate of drug-likeness (QED) is 0.800. The van der Waals surface area contributed by atoms with Crippen molar-refractivity contribution in [1.29, 1.82) is 0 Å². The molecule has 0 radical (unpaired) electrons. The summed E-state index contributed by atoms with van der Waals surface area (Å²) in [6, 6.07) is 19.5. The Bertz CT molecular complexity index is 779. The van der Waals surface area contributed by atoms with Crippen molar-refractivity contribution in [2.24, 2.45) is 5.41 Å². The molecule has 2 unspecified atom stereocenters. The van der Waals surface area contributed by atoms with Crippen LogP contribution >= 0.6 is 0 Å². The molecule has 2 aromatic carbocycles. The summed E-state index contributed by atoms with van der Waals surface area (Å²) in [5.41, 5.74) is 1.47. The first-order valence-corrected chi connectivity index (χ1v) is 10.0. The summed E-state index contributed by atoms with van der Waals surface area (Å²) < 4.78 is 0. The van der Waals surface area contributed by atoms with E-state index < -0.39 is 0 Å². The van der Waals surface area contributed by atoms with Gasteiger partial charge in [-0.15, -0.1) is 0 Å². The zero-order valence-corrected chi connectivity index (χ0v) is 15.9. The fraction of sp³-hybridized carbons (Fsp3) is 0.435. The van der Waals surface area contributed by atoms with Crippen LogP contribution in [0.4, 0.5) is 5.69 Å². The largest absolute Gasteiger partial charge is 0.335 e. The maximum atomic E-state index is 13.2. The number of amides is 1. The molecule has 4 heteroatoms. The Morgan fingerprint density at radius 2 is 1.70 bits per heavy atom. The Morgan fingerprint density at radius 1 is 1.04 bits per heavy atom. The third-order valence-electron chi connectivity index (χ3n) is 6.58. The molecule has 2 fully saturated rings. The molecular weight excluding hydrogens is 336 g/mol. The number of fused-ring (bicyclic) bond motifs is 1. The van der Waals surface area contributed by atoms with Gasteiger partial charge in [-0.05, 0) is 43.5 Å². The summed E-state index contributed by atoms with van der Waals surface area (Å²) in [7, 11) is 0. The minimum absolute atomic E-state index is 0.0185. The van der Waals surface area contributed by atoms with Crippen molar-refractivity contribution in [2.75, 3.05) is 11.6 Å². The number of nitrogens with zero attached hydrogens (tertiary/aromatic N) is 2. The van der Waals surface area contributed by atoms with Crippen LogP contribution in [0.5, 0.6) is 0 Å². The van der Waals surface area contributed by atoms with Crippen LogP contribution in [-0.2, 0) is 0 Å². The van der Waals surface area contributed by atoms with Crippen LogP contribution in [0.1, 0.15) is 49.4 Å². The Morgan fingerprint density at radius 3 is 2.41 bits per heavy atom. The van der Waals surface area contributed by atoms with E-state index in [2.05, 4.69) is 11.8 Å². The summed E-state index contributed by atoms with van der Waals surface area (Å²) in [5.74, 6) is 0.122. The number of piperidine rings is 1. The number of anilines is 1. The third-order valence-corrected chi connectivity index (χ3v) is 6.58. The summed E-state index contributed by atoms with van der Waals surface area (Å²) in [5, 5.41) is 12.5. The number of carbonyl (C=O) groups is 1. The van der Waals surface area contributed by atoms with Crippen molar-refractivity contribution in [3.8, 4) is 0 Å². The van der Waals surface area contributed by atoms with Gasteiger partial charge < -0.3 is 4.90 Å². The molecule has 1 heterocycles. The van der Waals surface area contributed by atoms with Gasteiger partial charge in [0.1, 0.15) is 0 Å². The average molecular weight is 364 g/mol. The van der Waals surface area contributed by atoms with Gasteiger partial charge in [-0.2, -0.15) is 0 Å². The molecule has 27 heavy (non-hydrogen) atoms. The van der Waals surface area contributed by atoms with Gasteiger partial charge in [0, 0.05) is 23.6 Å². The Labute approximate surface area is 161 Å². The summed E-state index contributed by atoms with van der Waals surface area (Å²) >= 11 is 0. The molecule has 4 rings (SSSR count). The number of likely N-dealkylation sites (tertiary alicyclic amines) is 1. The molecule has 1 amide bonds. The second-order valence-electron chi connectivity index (χ2n) is 8.12. The highest BCUT2D eigenvalue weighted by Gasteiger charge is 2.52. The van der Waals surface area contributed by atoms with E-state index in [0.29, 0.717) is 6.54 Å². The van der Waals surface area contributed by atoms with Crippen LogP contribution in [0.2, 0.25) is 0 Å². The van der Waals surface area contributed by atoms with Crippen LogP contribution < -0.4 is 5.06 Å². The molecule has 1 N–H and O–H groups in total. The molecule has 1 saturated heterocycles. The molecule has 1 saturated carbocycles. The van der Waals surface area contributed by atoms with E-state index >= 15 is 0 Å². The van der Waals surface area contributed by atoms with Gasteiger partial charge in [-0.3, -0.25) is 15.1 Å². The molecule has 2 aliphatic rings. The smallest absolute Gasteiger partial charge is 0.254 e. The van der Waals surface area contributed by atoms with Crippen LogP contribution in [0.3, 0.4) is 0 Å². The first-order valence-electron chi connectivity index (χ1n) is 10.0. The monoisotopic (exact) mass is 364 g/mol. The van der Waals surface area contributed by atoms with Gasteiger partial charge in [0.15, 0.2) is 0 Å². The Hall–Kier alpha value is -2.33. The second kappa shape index (κ2) is 7.35. The van der Waals surface area contributed by atoms with Gasteiger partial charge in [-0.1, -0.05) is 56.2 Å². The van der Waals surface area contributed by atoms with Crippen LogP contribution in [-0.4, -0.2) is 34.6 Å². The number of benzene rings is 2. The number of carbonyl (C=O) groups excluding carboxylic acids is 1. The predicted octanol–water partition coefficient (Wildman–Crippen LogP) is 4.75. The van der Waals surface area contributed by atoms with Crippen molar-refractivity contribution in [3.05, 3.63) is 66.2 Å². The lowest BCUT2D eigenvalue weighted by molar-refractivity contribution is -0.0346. The second-order valence-corrected chi connectivity index (χ2v) is 8.12. The van der Waals surface area contributed by atoms with Crippen molar-refractivity contribution >= 4 is 11.6 Å². The lowest BCUT2D eigenvalue weighted by atomic mass is 9.63. The predicted molar refractivity (Wildman–Crippen MR) is 107 cm³/mol. The summed E-state index contributed by atoms with van der Waals surface area (Å²) in [6.07, 6.45) is 5.11. The molecule has 2 aromatic rings. The number of hydrogen-bond donors (Lipinski definition) is 1. The van der Waals surface area contributed by atoms with E-state index in [9.17, 15) is 10.0 Å². The first-order chi connectivity index (χ1) is 13.1. The van der Waals surface area contributed by atoms with E-state index in [1.165, 1.54) is 5.06 Å². The van der Waals surface area contributed by atoms with Crippen molar-refractivity contribution < 1.29 is 10.0 Å². The zero-order chi connectivity index (χ0) is 18.9. The lowest BCUT2D eigenvalue weighted by Crippen LogP contribution is -2.64.